The maximum Gasteiger partial charge on any atom is 0.253 e. The van der Waals surface area contributed by atoms with Gasteiger partial charge in [-0.15, -0.1) is 0 Å². The van der Waals surface area contributed by atoms with Crippen LogP contribution in [0.4, 0.5) is 0 Å². The Hall–Kier alpha value is -1.58. The highest BCUT2D eigenvalue weighted by molar-refractivity contribution is 5.96. The van der Waals surface area contributed by atoms with Crippen molar-refractivity contribution in [3.05, 3.63) is 33.7 Å². The SMILES string of the molecule is O=C1NCCc2[nH]c(=O)ccc21. The van der Waals surface area contributed by atoms with Crippen molar-refractivity contribution >= 4 is 5.91 Å². The number of rotatable bonds is 0. The van der Waals surface area contributed by atoms with Crippen molar-refractivity contribution in [2.45, 2.75) is 6.42 Å². The Morgan fingerprint density at radius 2 is 2.08 bits per heavy atom. The molecular weight excluding hydrogens is 156 g/mol. The third-order valence-corrected chi connectivity index (χ3v) is 1.91. The molecule has 1 aliphatic heterocycles. The van der Waals surface area contributed by atoms with Crippen molar-refractivity contribution in [3.8, 4) is 0 Å². The first kappa shape index (κ1) is 7.09. The number of carbonyl (C=O) groups excluding carboxylic acids is 1. The number of carbonyl (C=O) groups is 1. The van der Waals surface area contributed by atoms with Crippen LogP contribution < -0.4 is 10.9 Å². The standard InChI is InChI=1S/C8H8N2O2/c11-7-2-1-5-6(10-7)3-4-9-8(5)12/h1-2H,3-4H2,(H,9,12)(H,10,11). The second-order valence-electron chi connectivity index (χ2n) is 2.72. The van der Waals surface area contributed by atoms with E-state index < -0.39 is 0 Å². The zero-order valence-corrected chi connectivity index (χ0v) is 6.39. The van der Waals surface area contributed by atoms with Gasteiger partial charge < -0.3 is 10.3 Å². The predicted molar refractivity (Wildman–Crippen MR) is 43.1 cm³/mol. The summed E-state index contributed by atoms with van der Waals surface area (Å²) >= 11 is 0. The van der Waals surface area contributed by atoms with E-state index in [1.807, 2.05) is 0 Å². The second kappa shape index (κ2) is 2.48. The van der Waals surface area contributed by atoms with E-state index in [0.717, 1.165) is 5.69 Å². The van der Waals surface area contributed by atoms with Crippen molar-refractivity contribution in [1.29, 1.82) is 0 Å². The van der Waals surface area contributed by atoms with Gasteiger partial charge in [-0.3, -0.25) is 9.59 Å². The number of amides is 1. The molecule has 0 unspecified atom stereocenters. The van der Waals surface area contributed by atoms with Gasteiger partial charge in [0.25, 0.3) is 5.91 Å². The van der Waals surface area contributed by atoms with Crippen molar-refractivity contribution in [1.82, 2.24) is 10.3 Å². The van der Waals surface area contributed by atoms with Gasteiger partial charge >= 0.3 is 0 Å². The highest BCUT2D eigenvalue weighted by Crippen LogP contribution is 2.07. The molecule has 4 heteroatoms. The van der Waals surface area contributed by atoms with Gasteiger partial charge in [0.05, 0.1) is 5.56 Å². The largest absolute Gasteiger partial charge is 0.352 e. The lowest BCUT2D eigenvalue weighted by atomic mass is 10.1. The summed E-state index contributed by atoms with van der Waals surface area (Å²) in [5.41, 5.74) is 1.18. The summed E-state index contributed by atoms with van der Waals surface area (Å²) in [6, 6.07) is 2.92. The first-order valence-electron chi connectivity index (χ1n) is 3.78. The van der Waals surface area contributed by atoms with E-state index in [0.29, 0.717) is 18.5 Å². The maximum absolute atomic E-state index is 11.2. The number of aromatic amines is 1. The average molecular weight is 164 g/mol. The molecule has 0 spiro atoms. The van der Waals surface area contributed by atoms with Crippen LogP contribution in [0.15, 0.2) is 16.9 Å². The van der Waals surface area contributed by atoms with Gasteiger partial charge in [0.15, 0.2) is 0 Å². The number of nitrogens with one attached hydrogen (secondary N) is 2. The number of pyridine rings is 1. The highest BCUT2D eigenvalue weighted by atomic mass is 16.2. The van der Waals surface area contributed by atoms with Gasteiger partial charge in [-0.1, -0.05) is 0 Å². The predicted octanol–water partition coefficient (Wildman–Crippen LogP) is -0.339. The van der Waals surface area contributed by atoms with Gasteiger partial charge in [-0.2, -0.15) is 0 Å². The third-order valence-electron chi connectivity index (χ3n) is 1.91. The molecule has 1 aromatic rings. The Balaban J connectivity index is 2.60. The molecule has 0 bridgehead atoms. The molecular formula is C8H8N2O2. The lowest BCUT2D eigenvalue weighted by Gasteiger charge is -2.14. The minimum atomic E-state index is -0.150. The summed E-state index contributed by atoms with van der Waals surface area (Å²) < 4.78 is 0. The molecule has 2 rings (SSSR count). The molecule has 0 fully saturated rings. The quantitative estimate of drug-likeness (QED) is 0.551. The molecule has 0 aromatic carbocycles. The van der Waals surface area contributed by atoms with Crippen LogP contribution >= 0.6 is 0 Å². The molecule has 62 valence electrons. The van der Waals surface area contributed by atoms with Gasteiger partial charge in [-0.25, -0.2) is 0 Å². The molecule has 2 heterocycles. The minimum absolute atomic E-state index is 0.104. The van der Waals surface area contributed by atoms with E-state index in [1.54, 1.807) is 6.07 Å². The van der Waals surface area contributed by atoms with Crippen LogP contribution in [-0.4, -0.2) is 17.4 Å². The molecule has 0 atom stereocenters. The molecule has 1 amide bonds. The molecule has 0 saturated carbocycles. The summed E-state index contributed by atoms with van der Waals surface area (Å²) in [5.74, 6) is -0.104. The summed E-state index contributed by atoms with van der Waals surface area (Å²) in [5, 5.41) is 2.70. The smallest absolute Gasteiger partial charge is 0.253 e. The first-order chi connectivity index (χ1) is 5.77. The Morgan fingerprint density at radius 3 is 2.92 bits per heavy atom. The van der Waals surface area contributed by atoms with Crippen molar-refractivity contribution in [2.24, 2.45) is 0 Å². The van der Waals surface area contributed by atoms with E-state index in [-0.39, 0.29) is 11.5 Å². The van der Waals surface area contributed by atoms with Gasteiger partial charge in [-0.05, 0) is 6.07 Å². The summed E-state index contributed by atoms with van der Waals surface area (Å²) in [6.45, 7) is 0.603. The van der Waals surface area contributed by atoms with E-state index in [4.69, 9.17) is 0 Å². The Bertz CT molecular complexity index is 381. The number of fused-ring (bicyclic) bond motifs is 1. The summed E-state index contributed by atoms with van der Waals surface area (Å²) in [4.78, 5) is 24.7. The lowest BCUT2D eigenvalue weighted by Crippen LogP contribution is -2.33. The Labute approximate surface area is 68.6 Å². The monoisotopic (exact) mass is 164 g/mol. The van der Waals surface area contributed by atoms with Crippen LogP contribution in [0.25, 0.3) is 0 Å². The molecule has 1 aromatic heterocycles. The molecule has 1 aliphatic rings. The number of hydrogen-bond donors (Lipinski definition) is 2. The van der Waals surface area contributed by atoms with Crippen LogP contribution in [-0.2, 0) is 6.42 Å². The first-order valence-corrected chi connectivity index (χ1v) is 3.78. The molecule has 4 nitrogen and oxygen atoms in total. The van der Waals surface area contributed by atoms with E-state index in [1.165, 1.54) is 6.07 Å². The topological polar surface area (TPSA) is 62.0 Å². The Morgan fingerprint density at radius 1 is 1.25 bits per heavy atom. The van der Waals surface area contributed by atoms with Crippen molar-refractivity contribution in [3.63, 3.8) is 0 Å². The number of H-pyrrole nitrogens is 1. The fourth-order valence-corrected chi connectivity index (χ4v) is 1.32. The molecule has 2 N–H and O–H groups in total. The van der Waals surface area contributed by atoms with Crippen molar-refractivity contribution < 1.29 is 4.79 Å². The lowest BCUT2D eigenvalue weighted by molar-refractivity contribution is 0.0945. The molecule has 12 heavy (non-hydrogen) atoms. The molecule has 0 radical (unpaired) electrons. The fourth-order valence-electron chi connectivity index (χ4n) is 1.32. The fraction of sp³-hybridized carbons (Fsp3) is 0.250. The summed E-state index contributed by atoms with van der Waals surface area (Å²) in [6.07, 6.45) is 0.706. The number of aromatic nitrogens is 1. The highest BCUT2D eigenvalue weighted by Gasteiger charge is 2.15. The van der Waals surface area contributed by atoms with Crippen LogP contribution in [0.3, 0.4) is 0 Å². The normalized spacial score (nSPS) is 15.2. The third kappa shape index (κ3) is 1.01. The van der Waals surface area contributed by atoms with E-state index in [2.05, 4.69) is 10.3 Å². The van der Waals surface area contributed by atoms with E-state index >= 15 is 0 Å². The maximum atomic E-state index is 11.2. The Kier molecular flexibility index (Phi) is 1.46. The second-order valence-corrected chi connectivity index (χ2v) is 2.72. The van der Waals surface area contributed by atoms with Crippen molar-refractivity contribution in [2.75, 3.05) is 6.54 Å². The van der Waals surface area contributed by atoms with Crippen LogP contribution in [0.2, 0.25) is 0 Å². The zero-order chi connectivity index (χ0) is 8.55. The molecule has 0 aliphatic carbocycles. The van der Waals surface area contributed by atoms with Gasteiger partial charge in [0.1, 0.15) is 0 Å². The average Bonchev–Trinajstić information content (AvgIpc) is 2.04. The van der Waals surface area contributed by atoms with Crippen LogP contribution in [0.5, 0.6) is 0 Å². The minimum Gasteiger partial charge on any atom is -0.352 e. The number of hydrogen-bond acceptors (Lipinski definition) is 2. The van der Waals surface area contributed by atoms with Gasteiger partial charge in [0, 0.05) is 24.7 Å². The van der Waals surface area contributed by atoms with Gasteiger partial charge in [0.2, 0.25) is 5.56 Å². The van der Waals surface area contributed by atoms with E-state index in [9.17, 15) is 9.59 Å². The molecule has 0 saturated heterocycles. The van der Waals surface area contributed by atoms with Crippen LogP contribution in [0.1, 0.15) is 16.1 Å². The summed E-state index contributed by atoms with van der Waals surface area (Å²) in [7, 11) is 0. The zero-order valence-electron chi connectivity index (χ0n) is 6.39. The van der Waals surface area contributed by atoms with Crippen LogP contribution in [0, 0.1) is 0 Å².